The van der Waals surface area contributed by atoms with Crippen molar-refractivity contribution in [2.45, 2.75) is 6.92 Å². The monoisotopic (exact) mass is 783 g/mol. The Labute approximate surface area is 355 Å². The van der Waals surface area contributed by atoms with Crippen molar-refractivity contribution in [3.63, 3.8) is 0 Å². The molecule has 0 saturated carbocycles. The lowest BCUT2D eigenvalue weighted by atomic mass is 9.34. The second-order valence-electron chi connectivity index (χ2n) is 15.8. The third-order valence-electron chi connectivity index (χ3n) is 12.1. The third-order valence-corrected chi connectivity index (χ3v) is 12.1. The molecular formula is C55H38BN3O2. The molecule has 12 rings (SSSR count). The van der Waals surface area contributed by atoms with Crippen molar-refractivity contribution in [1.29, 1.82) is 0 Å². The summed E-state index contributed by atoms with van der Waals surface area (Å²) in [5, 5.41) is 2.18. The lowest BCUT2D eigenvalue weighted by Crippen LogP contribution is -2.59. The largest absolute Gasteiger partial charge is 0.458 e. The van der Waals surface area contributed by atoms with Gasteiger partial charge in [0.2, 0.25) is 0 Å². The van der Waals surface area contributed by atoms with E-state index < -0.39 is 0 Å². The van der Waals surface area contributed by atoms with Crippen molar-refractivity contribution >= 4 is 96.2 Å². The van der Waals surface area contributed by atoms with E-state index in [4.69, 9.17) is 9.15 Å². The van der Waals surface area contributed by atoms with Gasteiger partial charge in [0, 0.05) is 68.0 Å². The van der Waals surface area contributed by atoms with Crippen LogP contribution in [0.2, 0.25) is 0 Å². The SMILES string of the molecule is Cc1ccc(N(c2ccc3c(c2)Oc2cccc4c2B3c2ccc(N(c3ccccc3)c3ccccc3)cc2N4c2ccccc2)c2ccc3oc4ccccc4c3c2)cc1. The molecule has 3 heterocycles. The quantitative estimate of drug-likeness (QED) is 0.150. The maximum Gasteiger partial charge on any atom is 0.256 e. The van der Waals surface area contributed by atoms with Crippen molar-refractivity contribution in [2.75, 3.05) is 14.7 Å². The number of furan rings is 1. The number of fused-ring (bicyclic) bond motifs is 7. The fraction of sp³-hybridized carbons (Fsp3) is 0.0182. The van der Waals surface area contributed by atoms with E-state index in [1.54, 1.807) is 0 Å². The second kappa shape index (κ2) is 14.1. The first-order chi connectivity index (χ1) is 30.2. The molecule has 0 fully saturated rings. The summed E-state index contributed by atoms with van der Waals surface area (Å²) >= 11 is 0. The van der Waals surface area contributed by atoms with E-state index >= 15 is 0 Å². The minimum absolute atomic E-state index is 0.0589. The van der Waals surface area contributed by atoms with E-state index in [0.29, 0.717) is 0 Å². The van der Waals surface area contributed by atoms with Crippen molar-refractivity contribution in [1.82, 2.24) is 0 Å². The van der Waals surface area contributed by atoms with Crippen LogP contribution in [0.25, 0.3) is 21.9 Å². The fourth-order valence-electron chi connectivity index (χ4n) is 9.38. The van der Waals surface area contributed by atoms with Crippen LogP contribution in [0.15, 0.2) is 217 Å². The molecule has 61 heavy (non-hydrogen) atoms. The predicted octanol–water partition coefficient (Wildman–Crippen LogP) is 13.2. The van der Waals surface area contributed by atoms with Crippen LogP contribution < -0.4 is 35.8 Å². The zero-order valence-corrected chi connectivity index (χ0v) is 33.4. The van der Waals surface area contributed by atoms with Gasteiger partial charge in [-0.1, -0.05) is 109 Å². The molecule has 0 N–H and O–H groups in total. The first-order valence-corrected chi connectivity index (χ1v) is 20.8. The molecular weight excluding hydrogens is 745 g/mol. The van der Waals surface area contributed by atoms with Crippen LogP contribution in [0.1, 0.15) is 5.56 Å². The van der Waals surface area contributed by atoms with E-state index in [1.807, 2.05) is 12.1 Å². The average molecular weight is 784 g/mol. The lowest BCUT2D eigenvalue weighted by Gasteiger charge is -2.40. The van der Waals surface area contributed by atoms with Gasteiger partial charge in [-0.25, -0.2) is 0 Å². The van der Waals surface area contributed by atoms with Crippen LogP contribution in [0, 0.1) is 6.92 Å². The van der Waals surface area contributed by atoms with Gasteiger partial charge < -0.3 is 23.9 Å². The van der Waals surface area contributed by atoms with Crippen molar-refractivity contribution < 1.29 is 9.15 Å². The molecule has 2 aliphatic heterocycles. The molecule has 0 bridgehead atoms. The van der Waals surface area contributed by atoms with Crippen molar-refractivity contribution in [3.8, 4) is 11.5 Å². The Hall–Kier alpha value is -7.96. The Morgan fingerprint density at radius 3 is 1.74 bits per heavy atom. The molecule has 0 amide bonds. The number of anilines is 9. The molecule has 0 radical (unpaired) electrons. The molecule has 2 aliphatic rings. The number of nitrogens with zero attached hydrogens (tertiary/aromatic N) is 3. The summed E-state index contributed by atoms with van der Waals surface area (Å²) in [4.78, 5) is 7.05. The van der Waals surface area contributed by atoms with E-state index in [2.05, 4.69) is 222 Å². The lowest BCUT2D eigenvalue weighted by molar-refractivity contribution is 0.487. The summed E-state index contributed by atoms with van der Waals surface area (Å²) < 4.78 is 13.3. The number of para-hydroxylation sites is 4. The Morgan fingerprint density at radius 2 is 0.984 bits per heavy atom. The Morgan fingerprint density at radius 1 is 0.410 bits per heavy atom. The minimum atomic E-state index is -0.0589. The van der Waals surface area contributed by atoms with Crippen LogP contribution in [0.4, 0.5) is 51.2 Å². The molecule has 0 spiro atoms. The van der Waals surface area contributed by atoms with E-state index in [1.165, 1.54) is 16.5 Å². The molecule has 288 valence electrons. The van der Waals surface area contributed by atoms with E-state index in [0.717, 1.165) is 90.1 Å². The van der Waals surface area contributed by atoms with Crippen molar-refractivity contribution in [2.24, 2.45) is 0 Å². The van der Waals surface area contributed by atoms with Gasteiger partial charge >= 0.3 is 0 Å². The molecule has 9 aromatic carbocycles. The highest BCUT2D eigenvalue weighted by Crippen LogP contribution is 2.45. The molecule has 0 aliphatic carbocycles. The van der Waals surface area contributed by atoms with Gasteiger partial charge in [0.1, 0.15) is 22.7 Å². The summed E-state index contributed by atoms with van der Waals surface area (Å²) in [7, 11) is 0. The zero-order chi connectivity index (χ0) is 40.4. The number of benzene rings is 9. The standard InChI is InChI=1S/C55H38BN3O2/c1-37-24-26-41(27-25-37)58(42-30-33-52-46(34-42)45-20-11-12-22-51(45)60-52)44-29-32-48-54(36-44)61-53-23-13-21-49-55(53)56(48)47-31-28-43(35-50(47)59(49)40-18-9-4-10-19-40)57(38-14-5-2-6-15-38)39-16-7-3-8-17-39/h2-36H,1H3. The number of rotatable bonds is 7. The predicted molar refractivity (Wildman–Crippen MR) is 254 cm³/mol. The minimum Gasteiger partial charge on any atom is -0.458 e. The third kappa shape index (κ3) is 5.79. The smallest absolute Gasteiger partial charge is 0.256 e. The molecule has 0 unspecified atom stereocenters. The summed E-state index contributed by atoms with van der Waals surface area (Å²) in [5.74, 6) is 1.71. The van der Waals surface area contributed by atoms with E-state index in [9.17, 15) is 0 Å². The summed E-state index contributed by atoms with van der Waals surface area (Å²) in [6.07, 6.45) is 0. The Kier molecular flexibility index (Phi) is 8.10. The Balaban J connectivity index is 1.04. The fourth-order valence-corrected chi connectivity index (χ4v) is 9.38. The summed E-state index contributed by atoms with van der Waals surface area (Å²) in [5.41, 5.74) is 16.2. The number of ether oxygens (including phenoxy) is 1. The van der Waals surface area contributed by atoms with Crippen LogP contribution in [0.3, 0.4) is 0 Å². The zero-order valence-electron chi connectivity index (χ0n) is 33.4. The number of hydrogen-bond donors (Lipinski definition) is 0. The van der Waals surface area contributed by atoms with Crippen LogP contribution in [0.5, 0.6) is 11.5 Å². The van der Waals surface area contributed by atoms with Gasteiger partial charge in [-0.3, -0.25) is 0 Å². The maximum absolute atomic E-state index is 7.02. The van der Waals surface area contributed by atoms with Crippen molar-refractivity contribution in [3.05, 3.63) is 218 Å². The van der Waals surface area contributed by atoms with Gasteiger partial charge in [-0.05, 0) is 126 Å². The van der Waals surface area contributed by atoms with Gasteiger partial charge in [0.05, 0.1) is 0 Å². The van der Waals surface area contributed by atoms with Crippen LogP contribution >= 0.6 is 0 Å². The number of aryl methyl sites for hydroxylation is 1. The highest BCUT2D eigenvalue weighted by atomic mass is 16.5. The molecule has 6 heteroatoms. The van der Waals surface area contributed by atoms with Gasteiger partial charge in [-0.2, -0.15) is 0 Å². The second-order valence-corrected chi connectivity index (χ2v) is 15.8. The summed E-state index contributed by atoms with van der Waals surface area (Å²) in [6, 6.07) is 75.5. The van der Waals surface area contributed by atoms with Crippen LogP contribution in [-0.4, -0.2) is 6.71 Å². The van der Waals surface area contributed by atoms with E-state index in [-0.39, 0.29) is 6.71 Å². The van der Waals surface area contributed by atoms with Gasteiger partial charge in [-0.15, -0.1) is 0 Å². The Bertz CT molecular complexity index is 3220. The van der Waals surface area contributed by atoms with Gasteiger partial charge in [0.15, 0.2) is 0 Å². The molecule has 5 nitrogen and oxygen atoms in total. The molecule has 0 saturated heterocycles. The van der Waals surface area contributed by atoms with Crippen LogP contribution in [-0.2, 0) is 0 Å². The highest BCUT2D eigenvalue weighted by molar-refractivity contribution is 6.99. The molecule has 0 atom stereocenters. The molecule has 10 aromatic rings. The molecule has 1 aromatic heterocycles. The first kappa shape index (κ1) is 35.0. The number of hydrogen-bond acceptors (Lipinski definition) is 5. The normalized spacial score (nSPS) is 12.4. The summed E-state index contributed by atoms with van der Waals surface area (Å²) in [6.45, 7) is 2.07. The first-order valence-electron chi connectivity index (χ1n) is 20.8. The van der Waals surface area contributed by atoms with Gasteiger partial charge in [0.25, 0.3) is 6.71 Å². The topological polar surface area (TPSA) is 32.1 Å². The highest BCUT2D eigenvalue weighted by Gasteiger charge is 2.42. The maximum atomic E-state index is 7.02. The average Bonchev–Trinajstić information content (AvgIpc) is 3.69.